The first kappa shape index (κ1) is 18.9. The molecule has 1 aliphatic carbocycles. The molecule has 2 aromatic carbocycles. The highest BCUT2D eigenvalue weighted by atomic mass is 127. The van der Waals surface area contributed by atoms with Gasteiger partial charge in [0.15, 0.2) is 12.4 Å². The zero-order chi connectivity index (χ0) is 18.9. The molecule has 0 bridgehead atoms. The Hall–Kier alpha value is -1.89. The monoisotopic (exact) mass is 464 g/mol. The number of carboxylic acid groups (broad SMARTS) is 1. The molecule has 0 unspecified atom stereocenters. The predicted molar refractivity (Wildman–Crippen MR) is 108 cm³/mol. The van der Waals surface area contributed by atoms with Gasteiger partial charge in [-0.3, -0.25) is 4.79 Å². The van der Waals surface area contributed by atoms with Crippen LogP contribution in [-0.4, -0.2) is 23.5 Å². The first-order valence-corrected chi connectivity index (χ1v) is 9.68. The number of carbonyl (C=O) groups is 2. The number of aryl methyl sites for hydroxylation is 1. The first-order chi connectivity index (χ1) is 12.3. The molecule has 26 heavy (non-hydrogen) atoms. The molecular formula is C21H21IO4. The molecule has 136 valence electrons. The van der Waals surface area contributed by atoms with Gasteiger partial charge in [0.25, 0.3) is 0 Å². The fourth-order valence-electron chi connectivity index (χ4n) is 3.43. The van der Waals surface area contributed by atoms with Crippen molar-refractivity contribution in [2.24, 2.45) is 0 Å². The molecule has 0 saturated heterocycles. The van der Waals surface area contributed by atoms with E-state index in [0.29, 0.717) is 14.9 Å². The number of halogens is 1. The van der Waals surface area contributed by atoms with Crippen LogP contribution in [-0.2, 0) is 11.8 Å². The SMILES string of the molecule is CC1(C)CCCc2ccc(C(=O)COc3ccc(C(=O)O)cc3I)cc21. The number of rotatable bonds is 5. The van der Waals surface area contributed by atoms with Crippen molar-refractivity contribution >= 4 is 34.3 Å². The minimum atomic E-state index is -0.984. The Morgan fingerprint density at radius 1 is 1.15 bits per heavy atom. The summed E-state index contributed by atoms with van der Waals surface area (Å²) in [4.78, 5) is 23.6. The van der Waals surface area contributed by atoms with Crippen LogP contribution in [0.5, 0.6) is 5.75 Å². The van der Waals surface area contributed by atoms with Gasteiger partial charge >= 0.3 is 5.97 Å². The zero-order valence-electron chi connectivity index (χ0n) is 14.8. The maximum absolute atomic E-state index is 12.6. The van der Waals surface area contributed by atoms with Crippen LogP contribution in [0.4, 0.5) is 0 Å². The summed E-state index contributed by atoms with van der Waals surface area (Å²) >= 11 is 2.01. The summed E-state index contributed by atoms with van der Waals surface area (Å²) in [5.41, 5.74) is 3.54. The van der Waals surface area contributed by atoms with Crippen molar-refractivity contribution in [1.82, 2.24) is 0 Å². The average molecular weight is 464 g/mol. The fourth-order valence-corrected chi connectivity index (χ4v) is 4.10. The van der Waals surface area contributed by atoms with E-state index >= 15 is 0 Å². The molecule has 0 radical (unpaired) electrons. The van der Waals surface area contributed by atoms with Gasteiger partial charge in [-0.15, -0.1) is 0 Å². The van der Waals surface area contributed by atoms with Gasteiger partial charge in [-0.05, 0) is 82.7 Å². The number of carboxylic acids is 1. The molecule has 1 aliphatic rings. The van der Waals surface area contributed by atoms with Crippen molar-refractivity contribution in [3.8, 4) is 5.75 Å². The van der Waals surface area contributed by atoms with Gasteiger partial charge in [0, 0.05) is 5.56 Å². The lowest BCUT2D eigenvalue weighted by Gasteiger charge is -2.32. The number of aromatic carboxylic acids is 1. The summed E-state index contributed by atoms with van der Waals surface area (Å²) in [7, 11) is 0. The van der Waals surface area contributed by atoms with Crippen molar-refractivity contribution in [3.63, 3.8) is 0 Å². The van der Waals surface area contributed by atoms with E-state index in [2.05, 4.69) is 19.9 Å². The van der Waals surface area contributed by atoms with Gasteiger partial charge in [0.2, 0.25) is 0 Å². The van der Waals surface area contributed by atoms with Crippen LogP contribution in [0.15, 0.2) is 36.4 Å². The Kier molecular flexibility index (Phi) is 5.37. The van der Waals surface area contributed by atoms with Crippen LogP contribution in [0.25, 0.3) is 0 Å². The van der Waals surface area contributed by atoms with Crippen LogP contribution in [0.1, 0.15) is 58.5 Å². The minimum Gasteiger partial charge on any atom is -0.484 e. The van der Waals surface area contributed by atoms with E-state index in [1.54, 1.807) is 6.07 Å². The van der Waals surface area contributed by atoms with Crippen molar-refractivity contribution in [2.45, 2.75) is 38.5 Å². The minimum absolute atomic E-state index is 0.0678. The van der Waals surface area contributed by atoms with Gasteiger partial charge in [-0.1, -0.05) is 26.0 Å². The van der Waals surface area contributed by atoms with E-state index in [0.717, 1.165) is 12.8 Å². The third-order valence-corrected chi connectivity index (χ3v) is 5.79. The Morgan fingerprint density at radius 2 is 1.88 bits per heavy atom. The lowest BCUT2D eigenvalue weighted by Crippen LogP contribution is -2.24. The van der Waals surface area contributed by atoms with Crippen molar-refractivity contribution in [2.75, 3.05) is 6.61 Å². The maximum Gasteiger partial charge on any atom is 0.335 e. The number of fused-ring (bicyclic) bond motifs is 1. The highest BCUT2D eigenvalue weighted by Gasteiger charge is 2.28. The van der Waals surface area contributed by atoms with Crippen LogP contribution in [0, 0.1) is 3.57 Å². The van der Waals surface area contributed by atoms with Gasteiger partial charge in [-0.2, -0.15) is 0 Å². The van der Waals surface area contributed by atoms with Gasteiger partial charge in [0.1, 0.15) is 5.75 Å². The summed E-state index contributed by atoms with van der Waals surface area (Å²) in [5, 5.41) is 9.01. The molecular weight excluding hydrogens is 443 g/mol. The van der Waals surface area contributed by atoms with E-state index in [9.17, 15) is 9.59 Å². The van der Waals surface area contributed by atoms with Gasteiger partial charge in [0.05, 0.1) is 9.13 Å². The Bertz CT molecular complexity index is 870. The maximum atomic E-state index is 12.6. The molecule has 0 aliphatic heterocycles. The largest absolute Gasteiger partial charge is 0.484 e. The Labute approximate surface area is 166 Å². The van der Waals surface area contributed by atoms with E-state index in [-0.39, 0.29) is 23.4 Å². The van der Waals surface area contributed by atoms with Gasteiger partial charge < -0.3 is 9.84 Å². The van der Waals surface area contributed by atoms with Crippen molar-refractivity contribution in [3.05, 3.63) is 62.2 Å². The number of ether oxygens (including phenoxy) is 1. The number of hydrogen-bond donors (Lipinski definition) is 1. The number of carbonyl (C=O) groups excluding carboxylic acids is 1. The van der Waals surface area contributed by atoms with Crippen LogP contribution >= 0.6 is 22.6 Å². The van der Waals surface area contributed by atoms with Crippen molar-refractivity contribution in [1.29, 1.82) is 0 Å². The average Bonchev–Trinajstić information content (AvgIpc) is 2.60. The van der Waals surface area contributed by atoms with E-state index in [4.69, 9.17) is 9.84 Å². The van der Waals surface area contributed by atoms with E-state index in [1.807, 2.05) is 34.7 Å². The number of ketones is 1. The first-order valence-electron chi connectivity index (χ1n) is 8.60. The topological polar surface area (TPSA) is 63.6 Å². The second-order valence-electron chi connectivity index (χ2n) is 7.27. The normalized spacial score (nSPS) is 15.2. The molecule has 2 aromatic rings. The molecule has 4 nitrogen and oxygen atoms in total. The molecule has 0 heterocycles. The standard InChI is InChI=1S/C21H21IO4/c1-21(2)9-3-4-13-5-6-14(10-16(13)21)18(23)12-26-19-8-7-15(20(24)25)11-17(19)22/h5-8,10-11H,3-4,9,12H2,1-2H3,(H,24,25). The van der Waals surface area contributed by atoms with E-state index < -0.39 is 5.97 Å². The van der Waals surface area contributed by atoms with E-state index in [1.165, 1.54) is 29.7 Å². The Balaban J connectivity index is 1.74. The number of Topliss-reactive ketones (excluding diaryl/α,β-unsaturated/α-hetero) is 1. The second-order valence-corrected chi connectivity index (χ2v) is 8.43. The lowest BCUT2D eigenvalue weighted by molar-refractivity contribution is 0.0696. The summed E-state index contributed by atoms with van der Waals surface area (Å²) in [6.07, 6.45) is 3.38. The summed E-state index contributed by atoms with van der Waals surface area (Å²) in [5.74, 6) is -0.545. The van der Waals surface area contributed by atoms with Crippen LogP contribution < -0.4 is 4.74 Å². The lowest BCUT2D eigenvalue weighted by atomic mass is 9.72. The molecule has 1 N–H and O–H groups in total. The molecule has 5 heteroatoms. The second kappa shape index (κ2) is 7.39. The molecule has 3 rings (SSSR count). The third kappa shape index (κ3) is 3.92. The smallest absolute Gasteiger partial charge is 0.335 e. The number of hydrogen-bond acceptors (Lipinski definition) is 3. The van der Waals surface area contributed by atoms with Crippen LogP contribution in [0.3, 0.4) is 0 Å². The van der Waals surface area contributed by atoms with Crippen molar-refractivity contribution < 1.29 is 19.4 Å². The number of benzene rings is 2. The highest BCUT2D eigenvalue weighted by Crippen LogP contribution is 2.37. The molecule has 0 saturated carbocycles. The van der Waals surface area contributed by atoms with Gasteiger partial charge in [-0.25, -0.2) is 4.79 Å². The predicted octanol–water partition coefficient (Wildman–Crippen LogP) is 4.87. The molecule has 0 amide bonds. The summed E-state index contributed by atoms with van der Waals surface area (Å²) < 4.78 is 6.30. The van der Waals surface area contributed by atoms with Crippen LogP contribution in [0.2, 0.25) is 0 Å². The molecule has 0 fully saturated rings. The molecule has 0 aromatic heterocycles. The zero-order valence-corrected chi connectivity index (χ0v) is 17.0. The summed E-state index contributed by atoms with van der Waals surface area (Å²) in [6.45, 7) is 4.38. The third-order valence-electron chi connectivity index (χ3n) is 4.95. The molecule has 0 atom stereocenters. The molecule has 0 spiro atoms. The fraction of sp³-hybridized carbons (Fsp3) is 0.333. The highest BCUT2D eigenvalue weighted by molar-refractivity contribution is 14.1. The quantitative estimate of drug-likeness (QED) is 0.507. The summed E-state index contributed by atoms with van der Waals surface area (Å²) in [6, 6.07) is 10.6. The Morgan fingerprint density at radius 3 is 2.58 bits per heavy atom.